The molecule has 0 spiro atoms. The fraction of sp³-hybridized carbons (Fsp3) is 0.333. The van der Waals surface area contributed by atoms with Gasteiger partial charge in [-0.25, -0.2) is 0 Å². The van der Waals surface area contributed by atoms with Gasteiger partial charge in [-0.3, -0.25) is 4.79 Å². The lowest BCUT2D eigenvalue weighted by Gasteiger charge is -1.97. The first-order chi connectivity index (χ1) is 7.69. The highest BCUT2D eigenvalue weighted by Gasteiger charge is 2.06. The molecule has 2 heterocycles. The lowest BCUT2D eigenvalue weighted by atomic mass is 10.2. The maximum Gasteiger partial charge on any atom is 0.164 e. The summed E-state index contributed by atoms with van der Waals surface area (Å²) in [5.41, 5.74) is 1.62. The number of aryl methyl sites for hydroxylation is 1. The predicted octanol–water partition coefficient (Wildman–Crippen LogP) is 2.43. The third-order valence-corrected chi connectivity index (χ3v) is 2.41. The number of ketones is 1. The first-order valence-corrected chi connectivity index (χ1v) is 5.30. The van der Waals surface area contributed by atoms with Crippen LogP contribution in [0, 0.1) is 6.92 Å². The second-order valence-corrected chi connectivity index (χ2v) is 3.78. The second-order valence-electron chi connectivity index (χ2n) is 3.78. The van der Waals surface area contributed by atoms with Crippen molar-refractivity contribution in [2.24, 2.45) is 0 Å². The van der Waals surface area contributed by atoms with Crippen LogP contribution in [0.4, 0.5) is 0 Å². The predicted molar refractivity (Wildman–Crippen MR) is 59.4 cm³/mol. The topological polar surface area (TPSA) is 48.0 Å². The lowest BCUT2D eigenvalue weighted by molar-refractivity contribution is 0.0988. The van der Waals surface area contributed by atoms with E-state index in [9.17, 15) is 4.79 Å². The van der Waals surface area contributed by atoms with Gasteiger partial charge < -0.3 is 9.09 Å². The Morgan fingerprint density at radius 1 is 1.56 bits per heavy atom. The number of aromatic nitrogens is 2. The zero-order valence-electron chi connectivity index (χ0n) is 9.43. The van der Waals surface area contributed by atoms with E-state index < -0.39 is 0 Å². The molecule has 0 aliphatic carbocycles. The second kappa shape index (κ2) is 4.35. The summed E-state index contributed by atoms with van der Waals surface area (Å²) in [6.45, 7) is 4.35. The van der Waals surface area contributed by atoms with Gasteiger partial charge in [-0.2, -0.15) is 0 Å². The SMILES string of the molecule is CCC(=O)c1ccn(Cc2cc(C)no2)c1. The summed E-state index contributed by atoms with van der Waals surface area (Å²) >= 11 is 0. The molecule has 2 rings (SSSR count). The van der Waals surface area contributed by atoms with E-state index in [4.69, 9.17) is 4.52 Å². The van der Waals surface area contributed by atoms with Crippen molar-refractivity contribution in [3.8, 4) is 0 Å². The van der Waals surface area contributed by atoms with Gasteiger partial charge >= 0.3 is 0 Å². The number of carbonyl (C=O) groups excluding carboxylic acids is 1. The van der Waals surface area contributed by atoms with Crippen LogP contribution < -0.4 is 0 Å². The van der Waals surface area contributed by atoms with E-state index in [2.05, 4.69) is 5.16 Å². The Kier molecular flexibility index (Phi) is 2.90. The highest BCUT2D eigenvalue weighted by molar-refractivity contribution is 5.95. The van der Waals surface area contributed by atoms with E-state index in [0.29, 0.717) is 13.0 Å². The molecular formula is C12H14N2O2. The molecule has 0 amide bonds. The average molecular weight is 218 g/mol. The van der Waals surface area contributed by atoms with Gasteiger partial charge in [0.2, 0.25) is 0 Å². The number of hydrogen-bond donors (Lipinski definition) is 0. The highest BCUT2D eigenvalue weighted by atomic mass is 16.5. The van der Waals surface area contributed by atoms with Crippen molar-refractivity contribution in [3.05, 3.63) is 41.5 Å². The van der Waals surface area contributed by atoms with Crippen molar-refractivity contribution in [1.29, 1.82) is 0 Å². The fourth-order valence-electron chi connectivity index (χ4n) is 1.58. The van der Waals surface area contributed by atoms with Crippen LogP contribution in [0.15, 0.2) is 29.0 Å². The molecule has 16 heavy (non-hydrogen) atoms. The molecule has 0 aromatic carbocycles. The summed E-state index contributed by atoms with van der Waals surface area (Å²) in [6, 6.07) is 3.72. The number of hydrogen-bond acceptors (Lipinski definition) is 3. The normalized spacial score (nSPS) is 10.6. The van der Waals surface area contributed by atoms with Crippen LogP contribution in [-0.4, -0.2) is 15.5 Å². The van der Waals surface area contributed by atoms with E-state index in [0.717, 1.165) is 17.0 Å². The van der Waals surface area contributed by atoms with Crippen molar-refractivity contribution in [2.75, 3.05) is 0 Å². The molecule has 2 aromatic heterocycles. The Labute approximate surface area is 93.9 Å². The van der Waals surface area contributed by atoms with Crippen LogP contribution in [0.1, 0.15) is 35.2 Å². The molecule has 2 aromatic rings. The molecule has 4 nitrogen and oxygen atoms in total. The molecule has 0 saturated carbocycles. The minimum absolute atomic E-state index is 0.160. The number of Topliss-reactive ketones (excluding diaryl/α,β-unsaturated/α-hetero) is 1. The molecule has 0 N–H and O–H groups in total. The van der Waals surface area contributed by atoms with Crippen molar-refractivity contribution in [1.82, 2.24) is 9.72 Å². The Morgan fingerprint density at radius 2 is 2.38 bits per heavy atom. The van der Waals surface area contributed by atoms with Crippen LogP contribution in [0.25, 0.3) is 0 Å². The summed E-state index contributed by atoms with van der Waals surface area (Å²) in [6.07, 6.45) is 4.25. The molecule has 0 fully saturated rings. The quantitative estimate of drug-likeness (QED) is 0.740. The molecule has 0 atom stereocenters. The third-order valence-electron chi connectivity index (χ3n) is 2.41. The summed E-state index contributed by atoms with van der Waals surface area (Å²) in [7, 11) is 0. The standard InChI is InChI=1S/C12H14N2O2/c1-3-12(15)10-4-5-14(7-10)8-11-6-9(2)13-16-11/h4-7H,3,8H2,1-2H3. The summed E-state index contributed by atoms with van der Waals surface area (Å²) in [5, 5.41) is 3.82. The van der Waals surface area contributed by atoms with Gasteiger partial charge in [0, 0.05) is 30.4 Å². The van der Waals surface area contributed by atoms with E-state index >= 15 is 0 Å². The van der Waals surface area contributed by atoms with Crippen LogP contribution in [0.5, 0.6) is 0 Å². The fourth-order valence-corrected chi connectivity index (χ4v) is 1.58. The molecule has 0 saturated heterocycles. The summed E-state index contributed by atoms with van der Waals surface area (Å²) in [5.74, 6) is 0.955. The Hall–Kier alpha value is -1.84. The van der Waals surface area contributed by atoms with E-state index in [-0.39, 0.29) is 5.78 Å². The minimum Gasteiger partial charge on any atom is -0.359 e. The molecule has 0 aliphatic rings. The number of carbonyl (C=O) groups is 1. The maximum absolute atomic E-state index is 11.4. The van der Waals surface area contributed by atoms with Gasteiger partial charge in [0.05, 0.1) is 12.2 Å². The molecule has 0 radical (unpaired) electrons. The Balaban J connectivity index is 2.11. The van der Waals surface area contributed by atoms with Crippen LogP contribution in [0.3, 0.4) is 0 Å². The van der Waals surface area contributed by atoms with Gasteiger partial charge in [0.25, 0.3) is 0 Å². The Bertz CT molecular complexity index is 497. The van der Waals surface area contributed by atoms with Gasteiger partial charge in [-0.1, -0.05) is 12.1 Å². The average Bonchev–Trinajstić information content (AvgIpc) is 2.87. The van der Waals surface area contributed by atoms with E-state index in [1.54, 1.807) is 0 Å². The van der Waals surface area contributed by atoms with Gasteiger partial charge in [0.15, 0.2) is 11.5 Å². The van der Waals surface area contributed by atoms with E-state index in [1.807, 2.05) is 42.9 Å². The van der Waals surface area contributed by atoms with Crippen molar-refractivity contribution >= 4 is 5.78 Å². The molecule has 4 heteroatoms. The maximum atomic E-state index is 11.4. The molecule has 0 aliphatic heterocycles. The van der Waals surface area contributed by atoms with Crippen LogP contribution in [0.2, 0.25) is 0 Å². The van der Waals surface area contributed by atoms with Gasteiger partial charge in [-0.05, 0) is 13.0 Å². The first-order valence-electron chi connectivity index (χ1n) is 5.30. The Morgan fingerprint density at radius 3 is 3.00 bits per heavy atom. The zero-order valence-corrected chi connectivity index (χ0v) is 9.43. The first kappa shape index (κ1) is 10.7. The molecule has 84 valence electrons. The number of nitrogens with zero attached hydrogens (tertiary/aromatic N) is 2. The number of rotatable bonds is 4. The zero-order chi connectivity index (χ0) is 11.5. The highest BCUT2D eigenvalue weighted by Crippen LogP contribution is 2.09. The minimum atomic E-state index is 0.160. The van der Waals surface area contributed by atoms with Crippen molar-refractivity contribution in [2.45, 2.75) is 26.8 Å². The van der Waals surface area contributed by atoms with Gasteiger partial charge in [0.1, 0.15) is 0 Å². The van der Waals surface area contributed by atoms with Gasteiger partial charge in [-0.15, -0.1) is 0 Å². The lowest BCUT2D eigenvalue weighted by Crippen LogP contribution is -1.97. The van der Waals surface area contributed by atoms with Crippen LogP contribution >= 0.6 is 0 Å². The van der Waals surface area contributed by atoms with Crippen molar-refractivity contribution < 1.29 is 9.32 Å². The summed E-state index contributed by atoms with van der Waals surface area (Å²) < 4.78 is 7.03. The third kappa shape index (κ3) is 2.21. The molecule has 0 unspecified atom stereocenters. The molecule has 0 bridgehead atoms. The van der Waals surface area contributed by atoms with Crippen molar-refractivity contribution in [3.63, 3.8) is 0 Å². The van der Waals surface area contributed by atoms with E-state index in [1.165, 1.54) is 0 Å². The smallest absolute Gasteiger partial charge is 0.164 e. The monoisotopic (exact) mass is 218 g/mol. The molecular weight excluding hydrogens is 204 g/mol. The largest absolute Gasteiger partial charge is 0.359 e. The van der Waals surface area contributed by atoms with Crippen LogP contribution in [-0.2, 0) is 6.54 Å². The summed E-state index contributed by atoms with van der Waals surface area (Å²) in [4.78, 5) is 11.4.